The summed E-state index contributed by atoms with van der Waals surface area (Å²) >= 11 is 1.55. The van der Waals surface area contributed by atoms with E-state index in [1.807, 2.05) is 22.4 Å². The van der Waals surface area contributed by atoms with Crippen LogP contribution in [0.4, 0.5) is 5.95 Å². The lowest BCUT2D eigenvalue weighted by Crippen LogP contribution is -2.50. The van der Waals surface area contributed by atoms with E-state index in [-0.39, 0.29) is 18.0 Å². The third-order valence-corrected chi connectivity index (χ3v) is 5.29. The number of amides is 1. The molecule has 0 aliphatic carbocycles. The largest absolute Gasteiger partial charge is 0.338 e. The van der Waals surface area contributed by atoms with E-state index in [4.69, 9.17) is 0 Å². The molecule has 1 aliphatic heterocycles. The number of carbonyl (C=O) groups is 1. The van der Waals surface area contributed by atoms with Crippen LogP contribution in [0, 0.1) is 0 Å². The van der Waals surface area contributed by atoms with Crippen LogP contribution in [0.25, 0.3) is 10.6 Å². The fraction of sp³-hybridized carbons (Fsp3) is 0.278. The zero-order valence-corrected chi connectivity index (χ0v) is 15.4. The van der Waals surface area contributed by atoms with Gasteiger partial charge in [0.2, 0.25) is 11.9 Å². The Morgan fingerprint density at radius 1 is 1.04 bits per heavy atom. The Morgan fingerprint density at radius 3 is 2.52 bits per heavy atom. The number of nitrogens with zero attached hydrogens (tertiary/aromatic N) is 6. The van der Waals surface area contributed by atoms with Gasteiger partial charge < -0.3 is 9.80 Å². The lowest BCUT2D eigenvalue weighted by molar-refractivity contribution is -0.132. The Balaban J connectivity index is 1.41. The first-order chi connectivity index (χ1) is 13.2. The zero-order chi connectivity index (χ0) is 18.6. The maximum absolute atomic E-state index is 12.6. The average molecular weight is 382 g/mol. The molecular weight excluding hydrogens is 364 g/mol. The third kappa shape index (κ3) is 3.87. The summed E-state index contributed by atoms with van der Waals surface area (Å²) < 4.78 is 1.24. The van der Waals surface area contributed by atoms with Crippen LogP contribution in [0.5, 0.6) is 0 Å². The summed E-state index contributed by atoms with van der Waals surface area (Å²) in [5.74, 6) is 0.563. The summed E-state index contributed by atoms with van der Waals surface area (Å²) in [4.78, 5) is 38.0. The fourth-order valence-electron chi connectivity index (χ4n) is 2.96. The molecule has 1 aliphatic rings. The second-order valence-corrected chi connectivity index (χ2v) is 7.06. The van der Waals surface area contributed by atoms with E-state index >= 15 is 0 Å². The summed E-state index contributed by atoms with van der Waals surface area (Å²) in [6.07, 6.45) is 3.41. The van der Waals surface area contributed by atoms with Crippen LogP contribution >= 0.6 is 11.3 Å². The van der Waals surface area contributed by atoms with Gasteiger partial charge in [-0.15, -0.1) is 11.3 Å². The van der Waals surface area contributed by atoms with Crippen molar-refractivity contribution in [1.29, 1.82) is 0 Å². The molecule has 4 heterocycles. The third-order valence-electron chi connectivity index (χ3n) is 4.39. The Labute approximate surface area is 159 Å². The molecule has 1 fully saturated rings. The topological polar surface area (TPSA) is 84.2 Å². The van der Waals surface area contributed by atoms with Crippen LogP contribution in [0.3, 0.4) is 0 Å². The van der Waals surface area contributed by atoms with Gasteiger partial charge in [-0.05, 0) is 23.6 Å². The molecule has 9 heteroatoms. The first-order valence-corrected chi connectivity index (χ1v) is 9.50. The Bertz CT molecular complexity index is 965. The highest BCUT2D eigenvalue weighted by atomic mass is 32.1. The van der Waals surface area contributed by atoms with Crippen molar-refractivity contribution in [2.75, 3.05) is 31.1 Å². The standard InChI is InChI=1S/C18H18N6O2S/c25-16-5-4-14(15-3-1-12-27-15)21-24(16)13-17(26)22-8-10-23(11-9-22)18-19-6-2-7-20-18/h1-7,12H,8-11,13H2. The van der Waals surface area contributed by atoms with E-state index in [1.165, 1.54) is 10.7 Å². The summed E-state index contributed by atoms with van der Waals surface area (Å²) in [6.45, 7) is 2.40. The lowest BCUT2D eigenvalue weighted by Gasteiger charge is -2.34. The van der Waals surface area contributed by atoms with Crippen molar-refractivity contribution in [3.63, 3.8) is 0 Å². The van der Waals surface area contributed by atoms with E-state index in [1.54, 1.807) is 40.8 Å². The number of anilines is 1. The van der Waals surface area contributed by atoms with Gasteiger partial charge in [0.25, 0.3) is 5.56 Å². The summed E-state index contributed by atoms with van der Waals surface area (Å²) in [5, 5.41) is 6.30. The van der Waals surface area contributed by atoms with E-state index in [0.29, 0.717) is 37.8 Å². The molecule has 3 aromatic rings. The molecule has 0 radical (unpaired) electrons. The first kappa shape index (κ1) is 17.3. The molecule has 0 atom stereocenters. The molecule has 27 heavy (non-hydrogen) atoms. The quantitative estimate of drug-likeness (QED) is 0.672. The van der Waals surface area contributed by atoms with Crippen molar-refractivity contribution < 1.29 is 4.79 Å². The van der Waals surface area contributed by atoms with Crippen molar-refractivity contribution in [2.24, 2.45) is 0 Å². The van der Waals surface area contributed by atoms with Crippen LogP contribution in [-0.2, 0) is 11.3 Å². The van der Waals surface area contributed by atoms with Gasteiger partial charge >= 0.3 is 0 Å². The average Bonchev–Trinajstić information content (AvgIpc) is 3.25. The van der Waals surface area contributed by atoms with Crippen LogP contribution in [-0.4, -0.2) is 56.7 Å². The van der Waals surface area contributed by atoms with Gasteiger partial charge in [0, 0.05) is 44.6 Å². The molecule has 0 aromatic carbocycles. The van der Waals surface area contributed by atoms with Crippen molar-refractivity contribution in [3.8, 4) is 10.6 Å². The minimum atomic E-state index is -0.278. The van der Waals surface area contributed by atoms with E-state index < -0.39 is 0 Å². The number of thiophene rings is 1. The van der Waals surface area contributed by atoms with E-state index in [2.05, 4.69) is 15.1 Å². The number of hydrogen-bond acceptors (Lipinski definition) is 7. The molecule has 138 valence electrons. The zero-order valence-electron chi connectivity index (χ0n) is 14.6. The number of rotatable bonds is 4. The Morgan fingerprint density at radius 2 is 1.81 bits per heavy atom. The second-order valence-electron chi connectivity index (χ2n) is 6.11. The van der Waals surface area contributed by atoms with Crippen molar-refractivity contribution >= 4 is 23.2 Å². The molecular formula is C18H18N6O2S. The maximum Gasteiger partial charge on any atom is 0.267 e. The molecule has 1 saturated heterocycles. The molecule has 0 unspecified atom stereocenters. The highest BCUT2D eigenvalue weighted by molar-refractivity contribution is 7.13. The van der Waals surface area contributed by atoms with Gasteiger partial charge in [-0.2, -0.15) is 5.10 Å². The van der Waals surface area contributed by atoms with Gasteiger partial charge in [0.05, 0.1) is 4.88 Å². The number of aromatic nitrogens is 4. The van der Waals surface area contributed by atoms with E-state index in [0.717, 1.165) is 4.88 Å². The molecule has 1 amide bonds. The summed E-state index contributed by atoms with van der Waals surface area (Å²) in [5.41, 5.74) is 0.420. The lowest BCUT2D eigenvalue weighted by atomic mass is 10.3. The predicted octanol–water partition coefficient (Wildman–Crippen LogP) is 1.11. The molecule has 3 aromatic heterocycles. The van der Waals surface area contributed by atoms with Gasteiger partial charge in [0.1, 0.15) is 12.2 Å². The molecule has 4 rings (SSSR count). The predicted molar refractivity (Wildman–Crippen MR) is 103 cm³/mol. The summed E-state index contributed by atoms with van der Waals surface area (Å²) in [6, 6.07) is 8.79. The van der Waals surface area contributed by atoms with Crippen LogP contribution in [0.1, 0.15) is 0 Å². The Kier molecular flexibility index (Phi) is 4.93. The SMILES string of the molecule is O=C(Cn1nc(-c2cccs2)ccc1=O)N1CCN(c2ncccn2)CC1. The smallest absolute Gasteiger partial charge is 0.267 e. The second kappa shape index (κ2) is 7.67. The highest BCUT2D eigenvalue weighted by Gasteiger charge is 2.23. The van der Waals surface area contributed by atoms with Crippen LogP contribution in [0.2, 0.25) is 0 Å². The minimum Gasteiger partial charge on any atom is -0.338 e. The monoisotopic (exact) mass is 382 g/mol. The molecule has 0 saturated carbocycles. The first-order valence-electron chi connectivity index (χ1n) is 8.62. The molecule has 0 spiro atoms. The summed E-state index contributed by atoms with van der Waals surface area (Å²) in [7, 11) is 0. The van der Waals surface area contributed by atoms with Crippen molar-refractivity contribution in [1.82, 2.24) is 24.6 Å². The van der Waals surface area contributed by atoms with Crippen molar-refractivity contribution in [2.45, 2.75) is 6.54 Å². The van der Waals surface area contributed by atoms with Crippen molar-refractivity contribution in [3.05, 3.63) is 58.5 Å². The van der Waals surface area contributed by atoms with Gasteiger partial charge in [-0.3, -0.25) is 9.59 Å². The Hall–Kier alpha value is -3.07. The fourth-order valence-corrected chi connectivity index (χ4v) is 3.65. The maximum atomic E-state index is 12.6. The van der Waals surface area contributed by atoms with Crippen LogP contribution < -0.4 is 10.5 Å². The molecule has 8 nitrogen and oxygen atoms in total. The van der Waals surface area contributed by atoms with E-state index in [9.17, 15) is 9.59 Å². The van der Waals surface area contributed by atoms with Crippen LogP contribution in [0.15, 0.2) is 52.9 Å². The van der Waals surface area contributed by atoms with Gasteiger partial charge in [-0.25, -0.2) is 14.6 Å². The molecule has 0 bridgehead atoms. The number of piperazine rings is 1. The molecule has 0 N–H and O–H groups in total. The number of carbonyl (C=O) groups excluding carboxylic acids is 1. The normalized spacial score (nSPS) is 14.4. The minimum absolute atomic E-state index is 0.0557. The van der Waals surface area contributed by atoms with Gasteiger partial charge in [-0.1, -0.05) is 6.07 Å². The number of hydrogen-bond donors (Lipinski definition) is 0. The highest BCUT2D eigenvalue weighted by Crippen LogP contribution is 2.21. The van der Waals surface area contributed by atoms with Gasteiger partial charge in [0.15, 0.2) is 0 Å².